The third-order valence-corrected chi connectivity index (χ3v) is 6.45. The number of nitrogens with zero attached hydrogens (tertiary/aromatic N) is 2. The highest BCUT2D eigenvalue weighted by molar-refractivity contribution is 6.19. The molecule has 7 heteroatoms. The van der Waals surface area contributed by atoms with E-state index in [4.69, 9.17) is 11.6 Å². The fourth-order valence-corrected chi connectivity index (χ4v) is 4.78. The smallest absolute Gasteiger partial charge is 0.274 e. The summed E-state index contributed by atoms with van der Waals surface area (Å²) < 4.78 is 0. The summed E-state index contributed by atoms with van der Waals surface area (Å²) >= 11 is 6.28. The van der Waals surface area contributed by atoms with Crippen molar-refractivity contribution in [1.82, 2.24) is 9.88 Å². The summed E-state index contributed by atoms with van der Waals surface area (Å²) in [6.45, 7) is 0.435. The Kier molecular flexibility index (Phi) is 4.82. The summed E-state index contributed by atoms with van der Waals surface area (Å²) in [6, 6.07) is 16.4. The topological polar surface area (TPSA) is 76.6 Å². The van der Waals surface area contributed by atoms with Gasteiger partial charge in [0, 0.05) is 60.4 Å². The summed E-state index contributed by atoms with van der Waals surface area (Å²) in [5.74, 6) is 0.173. The first-order chi connectivity index (χ1) is 15.4. The van der Waals surface area contributed by atoms with Crippen LogP contribution >= 0.6 is 11.6 Å². The Hall–Kier alpha value is -3.51. The molecule has 1 aliphatic rings. The number of nitrogens with one attached hydrogen (secondary N) is 1. The molecular formula is C25H22ClN3O3. The van der Waals surface area contributed by atoms with Gasteiger partial charge in [-0.2, -0.15) is 0 Å². The number of benzene rings is 3. The van der Waals surface area contributed by atoms with Gasteiger partial charge in [-0.1, -0.05) is 24.3 Å². The van der Waals surface area contributed by atoms with Gasteiger partial charge < -0.3 is 19.9 Å². The Morgan fingerprint density at radius 3 is 2.59 bits per heavy atom. The molecule has 0 saturated heterocycles. The lowest BCUT2D eigenvalue weighted by molar-refractivity contribution is 0.0827. The lowest BCUT2D eigenvalue weighted by Crippen LogP contribution is -2.30. The van der Waals surface area contributed by atoms with Crippen molar-refractivity contribution in [2.24, 2.45) is 0 Å². The van der Waals surface area contributed by atoms with Gasteiger partial charge in [0.25, 0.3) is 11.8 Å². The average Bonchev–Trinajstić information content (AvgIpc) is 3.39. The van der Waals surface area contributed by atoms with Crippen molar-refractivity contribution >= 4 is 50.8 Å². The van der Waals surface area contributed by atoms with Crippen LogP contribution in [0.5, 0.6) is 5.75 Å². The van der Waals surface area contributed by atoms with E-state index >= 15 is 0 Å². The van der Waals surface area contributed by atoms with Gasteiger partial charge in [-0.25, -0.2) is 0 Å². The number of amides is 2. The molecule has 0 radical (unpaired) electrons. The van der Waals surface area contributed by atoms with E-state index in [9.17, 15) is 14.7 Å². The number of aromatic amines is 1. The van der Waals surface area contributed by atoms with E-state index in [0.717, 1.165) is 27.2 Å². The van der Waals surface area contributed by atoms with E-state index in [2.05, 4.69) is 4.98 Å². The average molecular weight is 448 g/mol. The number of alkyl halides is 1. The first kappa shape index (κ1) is 20.4. The molecule has 0 aliphatic carbocycles. The second kappa shape index (κ2) is 7.57. The van der Waals surface area contributed by atoms with Crippen LogP contribution in [-0.2, 0) is 0 Å². The van der Waals surface area contributed by atoms with Gasteiger partial charge in [-0.3, -0.25) is 9.59 Å². The van der Waals surface area contributed by atoms with Gasteiger partial charge in [0.1, 0.15) is 11.4 Å². The Morgan fingerprint density at radius 1 is 1.12 bits per heavy atom. The maximum Gasteiger partial charge on any atom is 0.274 e. The molecule has 3 aromatic carbocycles. The maximum atomic E-state index is 13.5. The number of hydrogen-bond acceptors (Lipinski definition) is 3. The molecule has 1 aliphatic heterocycles. The van der Waals surface area contributed by atoms with Crippen LogP contribution in [0.15, 0.2) is 54.6 Å². The van der Waals surface area contributed by atoms with Crippen molar-refractivity contribution < 1.29 is 14.7 Å². The van der Waals surface area contributed by atoms with Gasteiger partial charge in [0.05, 0.1) is 5.69 Å². The lowest BCUT2D eigenvalue weighted by atomic mass is 9.95. The molecule has 0 unspecified atom stereocenters. The van der Waals surface area contributed by atoms with Crippen LogP contribution in [0.4, 0.5) is 5.69 Å². The zero-order chi connectivity index (χ0) is 22.6. The number of aromatic nitrogens is 1. The molecule has 0 spiro atoms. The van der Waals surface area contributed by atoms with Crippen molar-refractivity contribution in [3.8, 4) is 5.75 Å². The lowest BCUT2D eigenvalue weighted by Gasteiger charge is -2.17. The number of H-pyrrole nitrogens is 1. The molecule has 2 N–H and O–H groups in total. The second-order valence-electron chi connectivity index (χ2n) is 8.33. The molecule has 6 nitrogen and oxygen atoms in total. The minimum Gasteiger partial charge on any atom is -0.507 e. The van der Waals surface area contributed by atoms with Crippen LogP contribution in [0.3, 0.4) is 0 Å². The summed E-state index contributed by atoms with van der Waals surface area (Å²) in [5.41, 5.74) is 3.42. The highest BCUT2D eigenvalue weighted by Crippen LogP contribution is 2.45. The first-order valence-corrected chi connectivity index (χ1v) is 10.9. The van der Waals surface area contributed by atoms with Crippen molar-refractivity contribution in [3.63, 3.8) is 0 Å². The molecule has 1 atom stereocenters. The highest BCUT2D eigenvalue weighted by atomic mass is 35.5. The summed E-state index contributed by atoms with van der Waals surface area (Å²) in [7, 11) is 3.41. The molecule has 0 bridgehead atoms. The fraction of sp³-hybridized carbons (Fsp3) is 0.200. The summed E-state index contributed by atoms with van der Waals surface area (Å²) in [6.07, 6.45) is 0. The van der Waals surface area contributed by atoms with Gasteiger partial charge >= 0.3 is 0 Å². The standard InChI is InChI=1S/C25H22ClN3O3/c1-28(2)24(31)14-7-8-19-15(9-14)10-20(27-19)25(32)29-13-16(12-26)23-18-6-4-3-5-17(18)22(30)11-21(23)29/h3-11,16,27,30H,12-13H2,1-2H3/t16-/m1/s1. The predicted molar refractivity (Wildman–Crippen MR) is 127 cm³/mol. The Balaban J connectivity index is 1.57. The third-order valence-electron chi connectivity index (χ3n) is 6.08. The van der Waals surface area contributed by atoms with Crippen molar-refractivity contribution in [2.45, 2.75) is 5.92 Å². The van der Waals surface area contributed by atoms with Gasteiger partial charge in [-0.15, -0.1) is 11.6 Å². The number of fused-ring (bicyclic) bond motifs is 4. The summed E-state index contributed by atoms with van der Waals surface area (Å²) in [5, 5.41) is 13.0. The number of carbonyl (C=O) groups excluding carboxylic acids is 2. The number of rotatable bonds is 3. The minimum absolute atomic E-state index is 0.0326. The number of phenolic OH excluding ortho intramolecular Hbond substituents is 1. The maximum absolute atomic E-state index is 13.5. The van der Waals surface area contributed by atoms with Gasteiger partial charge in [0.2, 0.25) is 0 Å². The first-order valence-electron chi connectivity index (χ1n) is 10.4. The van der Waals surface area contributed by atoms with E-state index in [0.29, 0.717) is 29.4 Å². The third kappa shape index (κ3) is 3.10. The molecule has 5 rings (SSSR count). The monoisotopic (exact) mass is 447 g/mol. The zero-order valence-corrected chi connectivity index (χ0v) is 18.5. The SMILES string of the molecule is CN(C)C(=O)c1ccc2[nH]c(C(=O)N3C[C@@H](CCl)c4c3cc(O)c3ccccc43)cc2c1. The van der Waals surface area contributed by atoms with Crippen LogP contribution in [0.25, 0.3) is 21.7 Å². The molecule has 162 valence electrons. The zero-order valence-electron chi connectivity index (χ0n) is 17.7. The van der Waals surface area contributed by atoms with Gasteiger partial charge in [0.15, 0.2) is 0 Å². The molecule has 2 amide bonds. The highest BCUT2D eigenvalue weighted by Gasteiger charge is 2.35. The van der Waals surface area contributed by atoms with E-state index in [-0.39, 0.29) is 23.5 Å². The largest absolute Gasteiger partial charge is 0.507 e. The summed E-state index contributed by atoms with van der Waals surface area (Å²) in [4.78, 5) is 32.2. The fourth-order valence-electron chi connectivity index (χ4n) is 4.53. The number of hydrogen-bond donors (Lipinski definition) is 2. The number of carbonyl (C=O) groups is 2. The Bertz CT molecular complexity index is 1390. The number of phenols is 1. The number of anilines is 1. The molecular weight excluding hydrogens is 426 g/mol. The second-order valence-corrected chi connectivity index (χ2v) is 8.63. The van der Waals surface area contributed by atoms with Crippen molar-refractivity contribution in [3.05, 3.63) is 71.4 Å². The normalized spacial score (nSPS) is 15.3. The molecule has 0 fully saturated rings. The molecule has 4 aromatic rings. The van der Waals surface area contributed by atoms with Crippen LogP contribution in [0.1, 0.15) is 32.3 Å². The Labute approximate surface area is 190 Å². The van der Waals surface area contributed by atoms with E-state index in [1.807, 2.05) is 30.3 Å². The van der Waals surface area contributed by atoms with Crippen LogP contribution < -0.4 is 4.90 Å². The minimum atomic E-state index is -0.203. The molecule has 1 aromatic heterocycles. The van der Waals surface area contributed by atoms with E-state index in [1.54, 1.807) is 43.3 Å². The number of aromatic hydroxyl groups is 1. The number of halogens is 1. The van der Waals surface area contributed by atoms with Crippen molar-refractivity contribution in [2.75, 3.05) is 31.4 Å². The molecule has 32 heavy (non-hydrogen) atoms. The molecule has 0 saturated carbocycles. The quantitative estimate of drug-likeness (QED) is 0.446. The van der Waals surface area contributed by atoms with E-state index < -0.39 is 0 Å². The van der Waals surface area contributed by atoms with E-state index in [1.165, 1.54) is 4.90 Å². The van der Waals surface area contributed by atoms with Gasteiger partial charge in [-0.05, 0) is 35.2 Å². The molecule has 2 heterocycles. The van der Waals surface area contributed by atoms with Crippen molar-refractivity contribution in [1.29, 1.82) is 0 Å². The Morgan fingerprint density at radius 2 is 1.88 bits per heavy atom. The van der Waals surface area contributed by atoms with Crippen LogP contribution in [0, 0.1) is 0 Å². The van der Waals surface area contributed by atoms with Crippen LogP contribution in [0.2, 0.25) is 0 Å². The van der Waals surface area contributed by atoms with Crippen LogP contribution in [-0.4, -0.2) is 53.3 Å². The predicted octanol–water partition coefficient (Wildman–Crippen LogP) is 4.71.